The summed E-state index contributed by atoms with van der Waals surface area (Å²) >= 11 is 0. The molecule has 14 heavy (non-hydrogen) atoms. The predicted molar refractivity (Wildman–Crippen MR) is 58.3 cm³/mol. The second-order valence-corrected chi connectivity index (χ2v) is 3.84. The van der Waals surface area contributed by atoms with Gasteiger partial charge in [-0.1, -0.05) is 18.2 Å². The van der Waals surface area contributed by atoms with Crippen molar-refractivity contribution in [2.75, 3.05) is 0 Å². The minimum absolute atomic E-state index is 0.0447. The third-order valence-corrected chi connectivity index (χ3v) is 2.55. The molecule has 0 amide bonds. The highest BCUT2D eigenvalue weighted by molar-refractivity contribution is 5.81. The molecule has 0 saturated heterocycles. The van der Waals surface area contributed by atoms with E-state index in [9.17, 15) is 4.79 Å². The molecule has 0 aromatic heterocycles. The van der Waals surface area contributed by atoms with Gasteiger partial charge in [-0.15, -0.1) is 0 Å². The van der Waals surface area contributed by atoms with Crippen LogP contribution in [0.25, 0.3) is 0 Å². The van der Waals surface area contributed by atoms with Crippen LogP contribution in [-0.4, -0.2) is 11.8 Å². The Balaban J connectivity index is 2.78. The van der Waals surface area contributed by atoms with Crippen LogP contribution in [0.2, 0.25) is 0 Å². The van der Waals surface area contributed by atoms with Crippen molar-refractivity contribution in [1.29, 1.82) is 0 Å². The van der Waals surface area contributed by atoms with E-state index in [0.717, 1.165) is 5.56 Å². The van der Waals surface area contributed by atoms with Crippen molar-refractivity contribution in [3.8, 4) is 0 Å². The average molecular weight is 191 g/mol. The van der Waals surface area contributed by atoms with Crippen LogP contribution in [0.4, 0.5) is 0 Å². The van der Waals surface area contributed by atoms with Crippen molar-refractivity contribution >= 4 is 5.78 Å². The second-order valence-electron chi connectivity index (χ2n) is 3.84. The van der Waals surface area contributed by atoms with Crippen LogP contribution in [0.1, 0.15) is 23.6 Å². The van der Waals surface area contributed by atoms with Crippen molar-refractivity contribution in [3.63, 3.8) is 0 Å². The zero-order chi connectivity index (χ0) is 10.7. The molecule has 76 valence electrons. The Hall–Kier alpha value is -1.15. The molecule has 0 fully saturated rings. The Bertz CT molecular complexity index is 344. The largest absolute Gasteiger partial charge is 0.321 e. The fourth-order valence-electron chi connectivity index (χ4n) is 1.33. The smallest absolute Gasteiger partial charge is 0.146 e. The normalized spacial score (nSPS) is 12.6. The standard InChI is InChI=1S/C12H17NO/c1-8-4-5-11(6-9(8)2)7-12(13)10(3)14/h4-6,12H,7,13H2,1-3H3. The van der Waals surface area contributed by atoms with E-state index in [-0.39, 0.29) is 11.8 Å². The molecule has 2 N–H and O–H groups in total. The molecule has 0 bridgehead atoms. The molecule has 2 heteroatoms. The molecular formula is C12H17NO. The molecule has 0 aliphatic carbocycles. The summed E-state index contributed by atoms with van der Waals surface area (Å²) in [7, 11) is 0. The summed E-state index contributed by atoms with van der Waals surface area (Å²) in [5.74, 6) is 0.0447. The summed E-state index contributed by atoms with van der Waals surface area (Å²) in [4.78, 5) is 11.0. The van der Waals surface area contributed by atoms with Crippen LogP contribution in [0.3, 0.4) is 0 Å². The van der Waals surface area contributed by atoms with Gasteiger partial charge in [-0.05, 0) is 43.9 Å². The van der Waals surface area contributed by atoms with Crippen molar-refractivity contribution in [2.45, 2.75) is 33.2 Å². The number of ketones is 1. The minimum atomic E-state index is -0.364. The van der Waals surface area contributed by atoms with E-state index in [4.69, 9.17) is 5.73 Å². The van der Waals surface area contributed by atoms with Gasteiger partial charge >= 0.3 is 0 Å². The van der Waals surface area contributed by atoms with Crippen LogP contribution in [0, 0.1) is 13.8 Å². The van der Waals surface area contributed by atoms with E-state index in [1.807, 2.05) is 6.07 Å². The van der Waals surface area contributed by atoms with E-state index in [0.29, 0.717) is 6.42 Å². The SMILES string of the molecule is CC(=O)C(N)Cc1ccc(C)c(C)c1. The molecule has 0 saturated carbocycles. The molecule has 0 radical (unpaired) electrons. The van der Waals surface area contributed by atoms with Gasteiger partial charge < -0.3 is 5.73 Å². The van der Waals surface area contributed by atoms with Gasteiger partial charge in [0.1, 0.15) is 5.78 Å². The third-order valence-electron chi connectivity index (χ3n) is 2.55. The van der Waals surface area contributed by atoms with Crippen LogP contribution in [-0.2, 0) is 11.2 Å². The Labute approximate surface area is 85.1 Å². The number of rotatable bonds is 3. The summed E-state index contributed by atoms with van der Waals surface area (Å²) in [5, 5.41) is 0. The number of nitrogens with two attached hydrogens (primary N) is 1. The van der Waals surface area contributed by atoms with Gasteiger partial charge in [-0.3, -0.25) is 4.79 Å². The molecule has 1 atom stereocenters. The van der Waals surface area contributed by atoms with Gasteiger partial charge in [0.25, 0.3) is 0 Å². The van der Waals surface area contributed by atoms with Crippen molar-refractivity contribution in [2.24, 2.45) is 5.73 Å². The van der Waals surface area contributed by atoms with Crippen molar-refractivity contribution < 1.29 is 4.79 Å². The maximum absolute atomic E-state index is 11.0. The van der Waals surface area contributed by atoms with E-state index < -0.39 is 0 Å². The number of hydrogen-bond acceptors (Lipinski definition) is 2. The van der Waals surface area contributed by atoms with E-state index in [1.54, 1.807) is 0 Å². The summed E-state index contributed by atoms with van der Waals surface area (Å²) in [6.07, 6.45) is 0.635. The molecule has 2 nitrogen and oxygen atoms in total. The number of Topliss-reactive ketones (excluding diaryl/α,β-unsaturated/α-hetero) is 1. The molecule has 0 heterocycles. The van der Waals surface area contributed by atoms with Crippen LogP contribution in [0.15, 0.2) is 18.2 Å². The Morgan fingerprint density at radius 3 is 2.50 bits per heavy atom. The summed E-state index contributed by atoms with van der Waals surface area (Å²) in [5.41, 5.74) is 9.34. The van der Waals surface area contributed by atoms with Gasteiger partial charge in [-0.25, -0.2) is 0 Å². The highest BCUT2D eigenvalue weighted by Gasteiger charge is 2.08. The Morgan fingerprint density at radius 2 is 2.00 bits per heavy atom. The van der Waals surface area contributed by atoms with E-state index in [1.165, 1.54) is 18.1 Å². The van der Waals surface area contributed by atoms with Gasteiger partial charge in [0.2, 0.25) is 0 Å². The van der Waals surface area contributed by atoms with Crippen LogP contribution in [0.5, 0.6) is 0 Å². The van der Waals surface area contributed by atoms with Gasteiger partial charge in [-0.2, -0.15) is 0 Å². The minimum Gasteiger partial charge on any atom is -0.321 e. The Kier molecular flexibility index (Phi) is 3.42. The van der Waals surface area contributed by atoms with Gasteiger partial charge in [0.05, 0.1) is 6.04 Å². The molecule has 1 unspecified atom stereocenters. The summed E-state index contributed by atoms with van der Waals surface area (Å²) in [6.45, 7) is 5.67. The maximum Gasteiger partial charge on any atom is 0.146 e. The number of benzene rings is 1. The monoisotopic (exact) mass is 191 g/mol. The van der Waals surface area contributed by atoms with Crippen LogP contribution >= 0.6 is 0 Å². The molecule has 1 rings (SSSR count). The highest BCUT2D eigenvalue weighted by Crippen LogP contribution is 2.11. The van der Waals surface area contributed by atoms with Crippen LogP contribution < -0.4 is 5.73 Å². The number of aryl methyl sites for hydroxylation is 2. The number of carbonyl (C=O) groups excluding carboxylic acids is 1. The first-order chi connectivity index (χ1) is 6.50. The third kappa shape index (κ3) is 2.67. The number of carbonyl (C=O) groups is 1. The highest BCUT2D eigenvalue weighted by atomic mass is 16.1. The first kappa shape index (κ1) is 10.9. The quantitative estimate of drug-likeness (QED) is 0.791. The van der Waals surface area contributed by atoms with E-state index in [2.05, 4.69) is 26.0 Å². The Morgan fingerprint density at radius 1 is 1.36 bits per heavy atom. The predicted octanol–water partition coefficient (Wildman–Crippen LogP) is 1.76. The fourth-order valence-corrected chi connectivity index (χ4v) is 1.33. The lowest BCUT2D eigenvalue weighted by atomic mass is 10.00. The molecule has 1 aromatic rings. The average Bonchev–Trinajstić information content (AvgIpc) is 2.11. The fraction of sp³-hybridized carbons (Fsp3) is 0.417. The lowest BCUT2D eigenvalue weighted by Gasteiger charge is -2.09. The van der Waals surface area contributed by atoms with Crippen molar-refractivity contribution in [3.05, 3.63) is 34.9 Å². The lowest BCUT2D eigenvalue weighted by Crippen LogP contribution is -2.30. The molecule has 0 aliphatic heterocycles. The molecule has 1 aromatic carbocycles. The van der Waals surface area contributed by atoms with Gasteiger partial charge in [0.15, 0.2) is 0 Å². The summed E-state index contributed by atoms with van der Waals surface area (Å²) in [6, 6.07) is 5.83. The summed E-state index contributed by atoms with van der Waals surface area (Å²) < 4.78 is 0. The zero-order valence-corrected chi connectivity index (χ0v) is 9.00. The molecular weight excluding hydrogens is 174 g/mol. The molecule has 0 aliphatic rings. The van der Waals surface area contributed by atoms with Gasteiger partial charge in [0, 0.05) is 0 Å². The second kappa shape index (κ2) is 4.38. The molecule has 0 spiro atoms. The first-order valence-corrected chi connectivity index (χ1v) is 4.83. The first-order valence-electron chi connectivity index (χ1n) is 4.83. The zero-order valence-electron chi connectivity index (χ0n) is 9.00. The maximum atomic E-state index is 11.0. The number of hydrogen-bond donors (Lipinski definition) is 1. The topological polar surface area (TPSA) is 43.1 Å². The van der Waals surface area contributed by atoms with E-state index >= 15 is 0 Å². The lowest BCUT2D eigenvalue weighted by molar-refractivity contribution is -0.118. The van der Waals surface area contributed by atoms with Crippen molar-refractivity contribution in [1.82, 2.24) is 0 Å².